The van der Waals surface area contributed by atoms with E-state index < -0.39 is 6.10 Å². The summed E-state index contributed by atoms with van der Waals surface area (Å²) in [5, 5.41) is 19.3. The number of piperidine rings is 1. The van der Waals surface area contributed by atoms with Crippen molar-refractivity contribution in [2.45, 2.75) is 36.4 Å². The summed E-state index contributed by atoms with van der Waals surface area (Å²) in [6.07, 6.45) is 2.79. The molecule has 1 fully saturated rings. The van der Waals surface area contributed by atoms with E-state index in [1.807, 2.05) is 30.3 Å². The lowest BCUT2D eigenvalue weighted by atomic mass is 10.0. The molecule has 36 heavy (non-hydrogen) atoms. The van der Waals surface area contributed by atoms with Crippen molar-refractivity contribution in [1.82, 2.24) is 20.2 Å². The summed E-state index contributed by atoms with van der Waals surface area (Å²) >= 11 is 14.2. The summed E-state index contributed by atoms with van der Waals surface area (Å²) in [5.74, 6) is 1.02. The molecule has 1 amide bonds. The van der Waals surface area contributed by atoms with E-state index in [0.29, 0.717) is 34.7 Å². The predicted octanol–water partition coefficient (Wildman–Crippen LogP) is 4.59. The smallest absolute Gasteiger partial charge is 0.235 e. The largest absolute Gasteiger partial charge is 0.390 e. The second-order valence-corrected chi connectivity index (χ2v) is 10.5. The number of thioether (sulfide) groups is 1. The van der Waals surface area contributed by atoms with Gasteiger partial charge in [-0.1, -0.05) is 23.2 Å². The van der Waals surface area contributed by atoms with Gasteiger partial charge in [0.15, 0.2) is 0 Å². The fourth-order valence-corrected chi connectivity index (χ4v) is 5.67. The molecule has 194 valence electrons. The first-order valence-corrected chi connectivity index (χ1v) is 13.0. The van der Waals surface area contributed by atoms with Gasteiger partial charge in [0.25, 0.3) is 0 Å². The molecular weight excluding hydrogens is 564 g/mol. The Kier molecular flexibility index (Phi) is 10.5. The van der Waals surface area contributed by atoms with Crippen molar-refractivity contribution in [3.05, 3.63) is 57.8 Å². The number of aliphatic hydroxyl groups excluding tert-OH is 1. The Bertz CT molecular complexity index is 1230. The Hall–Kier alpha value is -1.36. The highest BCUT2D eigenvalue weighted by Gasteiger charge is 2.27. The maximum Gasteiger partial charge on any atom is 0.235 e. The van der Waals surface area contributed by atoms with Crippen LogP contribution in [0.1, 0.15) is 17.7 Å². The van der Waals surface area contributed by atoms with E-state index in [4.69, 9.17) is 23.2 Å². The van der Waals surface area contributed by atoms with Crippen LogP contribution in [0.25, 0.3) is 10.9 Å². The number of nitrogens with zero attached hydrogens (tertiary/aromatic N) is 3. The Morgan fingerprint density at radius 3 is 2.86 bits per heavy atom. The number of halogens is 4. The second-order valence-electron chi connectivity index (χ2n) is 8.63. The lowest BCUT2D eigenvalue weighted by Gasteiger charge is -2.36. The highest BCUT2D eigenvalue weighted by atomic mass is 35.5. The number of anilines is 1. The molecule has 0 radical (unpaired) electrons. The van der Waals surface area contributed by atoms with E-state index >= 15 is 0 Å². The fraction of sp³-hybridized carbons (Fsp3) is 0.375. The lowest BCUT2D eigenvalue weighted by Crippen LogP contribution is -2.52. The first-order valence-electron chi connectivity index (χ1n) is 11.3. The molecule has 0 saturated carbocycles. The van der Waals surface area contributed by atoms with Crippen molar-refractivity contribution in [1.29, 1.82) is 0 Å². The minimum Gasteiger partial charge on any atom is -0.390 e. The molecule has 3 N–H and O–H groups in total. The van der Waals surface area contributed by atoms with Crippen molar-refractivity contribution >= 4 is 82.4 Å². The van der Waals surface area contributed by atoms with Crippen LogP contribution in [-0.4, -0.2) is 63.4 Å². The standard InChI is InChI=1S/C24H25Cl2N5O2S.2ClH/c25-14-1-3-19-17(9-14)16(18(26)11-28-19)5-7-31-8-6-20(21(32)12-31)27-10-15-2-4-22-24(29-15)30-23(33)13-34-22;;/h1-4,9,11,20-21,27,32H,5-8,10,12-13H2,(H,29,30,33);2*1H/t20-,21+;;/m1../s1. The molecule has 4 heterocycles. The third kappa shape index (κ3) is 6.74. The molecule has 0 bridgehead atoms. The van der Waals surface area contributed by atoms with Gasteiger partial charge < -0.3 is 20.6 Å². The van der Waals surface area contributed by atoms with Gasteiger partial charge in [-0.2, -0.15) is 0 Å². The van der Waals surface area contributed by atoms with Gasteiger partial charge in [-0.25, -0.2) is 4.98 Å². The highest BCUT2D eigenvalue weighted by molar-refractivity contribution is 8.00. The van der Waals surface area contributed by atoms with E-state index in [2.05, 4.69) is 25.5 Å². The first-order chi connectivity index (χ1) is 16.5. The zero-order chi connectivity index (χ0) is 23.7. The van der Waals surface area contributed by atoms with Crippen molar-refractivity contribution < 1.29 is 9.90 Å². The quantitative estimate of drug-likeness (QED) is 0.387. The number of benzene rings is 1. The van der Waals surface area contributed by atoms with Crippen molar-refractivity contribution in [3.63, 3.8) is 0 Å². The van der Waals surface area contributed by atoms with E-state index in [1.54, 1.807) is 6.20 Å². The number of likely N-dealkylation sites (tertiary alicyclic amines) is 1. The van der Waals surface area contributed by atoms with Crippen LogP contribution in [0.4, 0.5) is 5.82 Å². The molecule has 1 saturated heterocycles. The molecule has 0 unspecified atom stereocenters. The van der Waals surface area contributed by atoms with Crippen LogP contribution in [0, 0.1) is 0 Å². The van der Waals surface area contributed by atoms with Crippen LogP contribution < -0.4 is 10.6 Å². The summed E-state index contributed by atoms with van der Waals surface area (Å²) < 4.78 is 0. The van der Waals surface area contributed by atoms with Gasteiger partial charge in [0.2, 0.25) is 5.91 Å². The maximum absolute atomic E-state index is 11.6. The number of β-amino-alcohol motifs (C(OH)–C–C–N with tert-alkyl or cyclic N) is 1. The summed E-state index contributed by atoms with van der Waals surface area (Å²) in [4.78, 5) is 23.8. The molecule has 7 nitrogen and oxygen atoms in total. The Labute approximate surface area is 236 Å². The molecule has 5 rings (SSSR count). The van der Waals surface area contributed by atoms with Crippen molar-refractivity contribution in [2.75, 3.05) is 30.7 Å². The van der Waals surface area contributed by atoms with Gasteiger partial charge in [0.05, 0.1) is 33.0 Å². The number of nitrogens with one attached hydrogen (secondary N) is 2. The molecule has 3 aromatic rings. The number of carbonyl (C=O) groups is 1. The number of pyridine rings is 2. The average molecular weight is 591 g/mol. The molecule has 2 aliphatic heterocycles. The number of rotatable bonds is 6. The lowest BCUT2D eigenvalue weighted by molar-refractivity contribution is -0.113. The van der Waals surface area contributed by atoms with Crippen molar-refractivity contribution in [2.24, 2.45) is 0 Å². The number of fused-ring (bicyclic) bond motifs is 2. The monoisotopic (exact) mass is 589 g/mol. The van der Waals surface area contributed by atoms with Gasteiger partial charge in [0.1, 0.15) is 5.82 Å². The van der Waals surface area contributed by atoms with Crippen LogP contribution >= 0.6 is 59.8 Å². The van der Waals surface area contributed by atoms with Crippen molar-refractivity contribution in [3.8, 4) is 0 Å². The van der Waals surface area contributed by atoms with Gasteiger partial charge in [0, 0.05) is 42.3 Å². The second kappa shape index (κ2) is 12.9. The number of aromatic nitrogens is 2. The summed E-state index contributed by atoms with van der Waals surface area (Å²) in [7, 11) is 0. The average Bonchev–Trinajstić information content (AvgIpc) is 2.82. The third-order valence-electron chi connectivity index (χ3n) is 6.31. The number of carbonyl (C=O) groups excluding carboxylic acids is 1. The molecular formula is C24H27Cl4N5O2S. The summed E-state index contributed by atoms with van der Waals surface area (Å²) in [5.41, 5.74) is 2.75. The zero-order valence-corrected chi connectivity index (χ0v) is 23.2. The van der Waals surface area contributed by atoms with Gasteiger partial charge in [-0.05, 0) is 55.3 Å². The Morgan fingerprint density at radius 1 is 1.22 bits per heavy atom. The van der Waals surface area contributed by atoms with Crippen LogP contribution in [0.5, 0.6) is 0 Å². The molecule has 2 aromatic heterocycles. The maximum atomic E-state index is 11.6. The zero-order valence-electron chi connectivity index (χ0n) is 19.2. The van der Waals surface area contributed by atoms with E-state index in [9.17, 15) is 9.90 Å². The van der Waals surface area contributed by atoms with Gasteiger partial charge in [-0.15, -0.1) is 36.6 Å². The molecule has 2 aliphatic rings. The van der Waals surface area contributed by atoms with E-state index in [0.717, 1.165) is 53.0 Å². The highest BCUT2D eigenvalue weighted by Crippen LogP contribution is 2.30. The molecule has 0 aliphatic carbocycles. The number of hydrogen-bond donors (Lipinski definition) is 3. The minimum atomic E-state index is -0.485. The third-order valence-corrected chi connectivity index (χ3v) is 7.92. The van der Waals surface area contributed by atoms with E-state index in [-0.39, 0.29) is 36.8 Å². The number of hydrogen-bond acceptors (Lipinski definition) is 7. The predicted molar refractivity (Wildman–Crippen MR) is 151 cm³/mol. The van der Waals surface area contributed by atoms with Crippen LogP contribution in [0.3, 0.4) is 0 Å². The SMILES string of the molecule is Cl.Cl.O=C1CSc2ccc(CN[C@@H]3CCN(CCc4c(Cl)cnc5ccc(Cl)cc45)C[C@@H]3O)nc2N1. The number of amides is 1. The minimum absolute atomic E-state index is 0. The summed E-state index contributed by atoms with van der Waals surface area (Å²) in [6.45, 7) is 2.79. The fourth-order valence-electron chi connectivity index (χ4n) is 4.50. The Morgan fingerprint density at radius 2 is 2.06 bits per heavy atom. The normalized spacial score (nSPS) is 19.7. The molecule has 1 aromatic carbocycles. The molecule has 12 heteroatoms. The van der Waals surface area contributed by atoms with Gasteiger partial charge in [-0.3, -0.25) is 9.78 Å². The van der Waals surface area contributed by atoms with Crippen LogP contribution in [0.2, 0.25) is 10.0 Å². The van der Waals surface area contributed by atoms with Crippen LogP contribution in [0.15, 0.2) is 41.4 Å². The van der Waals surface area contributed by atoms with Crippen LogP contribution in [-0.2, 0) is 17.8 Å². The Balaban J connectivity index is 0.00000180. The first kappa shape index (κ1) is 29.2. The molecule has 0 spiro atoms. The van der Waals surface area contributed by atoms with Gasteiger partial charge >= 0.3 is 0 Å². The molecule has 2 atom stereocenters. The van der Waals surface area contributed by atoms with E-state index in [1.165, 1.54) is 11.8 Å². The topological polar surface area (TPSA) is 90.4 Å². The number of aliphatic hydroxyl groups is 1. The summed E-state index contributed by atoms with van der Waals surface area (Å²) in [6, 6.07) is 9.59.